The van der Waals surface area contributed by atoms with Crippen LogP contribution in [0.1, 0.15) is 28.4 Å². The third-order valence-electron chi connectivity index (χ3n) is 3.39. The molecule has 0 spiro atoms. The maximum Gasteiger partial charge on any atom is 0.126 e. The van der Waals surface area contributed by atoms with E-state index >= 15 is 0 Å². The Balaban J connectivity index is 1.95. The van der Waals surface area contributed by atoms with Gasteiger partial charge in [-0.2, -0.15) is 0 Å². The lowest BCUT2D eigenvalue weighted by molar-refractivity contribution is 0.254. The predicted octanol–water partition coefficient (Wildman–Crippen LogP) is 4.77. The second kappa shape index (κ2) is 5.17. The highest BCUT2D eigenvalue weighted by molar-refractivity contribution is 9.09. The summed E-state index contributed by atoms with van der Waals surface area (Å²) >= 11 is 3.51. The standard InChI is InChI=1S/C16H13BrF2O/c1-9-4-11-5-10(2-3-15(11)20-9)16(17)12-6-13(18)8-14(19)7-12/h2-3,5-9,16H,4H2,1H3. The lowest BCUT2D eigenvalue weighted by Crippen LogP contribution is -2.05. The average molecular weight is 339 g/mol. The third-order valence-corrected chi connectivity index (χ3v) is 4.45. The van der Waals surface area contributed by atoms with Crippen molar-refractivity contribution in [1.29, 1.82) is 0 Å². The molecule has 0 amide bonds. The van der Waals surface area contributed by atoms with Gasteiger partial charge in [0.2, 0.25) is 0 Å². The van der Waals surface area contributed by atoms with Gasteiger partial charge in [0.25, 0.3) is 0 Å². The Labute approximate surface area is 124 Å². The van der Waals surface area contributed by atoms with Crippen LogP contribution in [0, 0.1) is 11.6 Å². The normalized spacial score (nSPS) is 18.5. The second-order valence-electron chi connectivity index (χ2n) is 5.07. The van der Waals surface area contributed by atoms with Crippen molar-refractivity contribution in [3.63, 3.8) is 0 Å². The SMILES string of the molecule is CC1Cc2cc(C(Br)c3cc(F)cc(F)c3)ccc2O1. The van der Waals surface area contributed by atoms with E-state index < -0.39 is 11.6 Å². The van der Waals surface area contributed by atoms with Crippen molar-refractivity contribution in [3.05, 3.63) is 64.7 Å². The number of rotatable bonds is 2. The minimum absolute atomic E-state index is 0.181. The molecule has 1 nitrogen and oxygen atoms in total. The first-order valence-corrected chi connectivity index (χ1v) is 7.34. The number of ether oxygens (including phenoxy) is 1. The number of hydrogen-bond acceptors (Lipinski definition) is 1. The largest absolute Gasteiger partial charge is 0.490 e. The first-order chi connectivity index (χ1) is 9.52. The fourth-order valence-electron chi connectivity index (χ4n) is 2.51. The van der Waals surface area contributed by atoms with Crippen LogP contribution in [0.5, 0.6) is 5.75 Å². The second-order valence-corrected chi connectivity index (χ2v) is 5.98. The van der Waals surface area contributed by atoms with Gasteiger partial charge in [-0.25, -0.2) is 8.78 Å². The fraction of sp³-hybridized carbons (Fsp3) is 0.250. The number of fused-ring (bicyclic) bond motifs is 1. The van der Waals surface area contributed by atoms with Crippen LogP contribution in [0.25, 0.3) is 0 Å². The highest BCUT2D eigenvalue weighted by Crippen LogP contribution is 2.36. The quantitative estimate of drug-likeness (QED) is 0.716. The zero-order valence-electron chi connectivity index (χ0n) is 10.9. The molecule has 0 fully saturated rings. The Morgan fingerprint density at radius 1 is 1.10 bits per heavy atom. The van der Waals surface area contributed by atoms with Gasteiger partial charge in [-0.05, 0) is 41.8 Å². The van der Waals surface area contributed by atoms with Crippen LogP contribution in [-0.2, 0) is 6.42 Å². The lowest BCUT2D eigenvalue weighted by Gasteiger charge is -2.12. The topological polar surface area (TPSA) is 9.23 Å². The van der Waals surface area contributed by atoms with Crippen LogP contribution in [-0.4, -0.2) is 6.10 Å². The van der Waals surface area contributed by atoms with E-state index in [4.69, 9.17) is 4.74 Å². The van der Waals surface area contributed by atoms with E-state index in [2.05, 4.69) is 15.9 Å². The van der Waals surface area contributed by atoms with E-state index in [-0.39, 0.29) is 10.9 Å². The minimum atomic E-state index is -0.567. The molecule has 0 saturated carbocycles. The van der Waals surface area contributed by atoms with E-state index in [0.717, 1.165) is 29.4 Å². The predicted molar refractivity (Wildman–Crippen MR) is 77.4 cm³/mol. The summed E-state index contributed by atoms with van der Waals surface area (Å²) in [4.78, 5) is -0.242. The Hall–Kier alpha value is -1.42. The Kier molecular flexibility index (Phi) is 3.50. The number of alkyl halides is 1. The molecule has 2 atom stereocenters. The van der Waals surface area contributed by atoms with Crippen LogP contribution >= 0.6 is 15.9 Å². The third kappa shape index (κ3) is 2.57. The minimum Gasteiger partial charge on any atom is -0.490 e. The van der Waals surface area contributed by atoms with Gasteiger partial charge in [0.15, 0.2) is 0 Å². The molecule has 1 heterocycles. The Bertz CT molecular complexity index is 637. The van der Waals surface area contributed by atoms with Crippen LogP contribution in [0.2, 0.25) is 0 Å². The molecule has 20 heavy (non-hydrogen) atoms. The number of benzene rings is 2. The molecular formula is C16H13BrF2O. The maximum atomic E-state index is 13.3. The molecule has 2 unspecified atom stereocenters. The average Bonchev–Trinajstić information content (AvgIpc) is 2.75. The summed E-state index contributed by atoms with van der Waals surface area (Å²) in [6, 6.07) is 9.42. The van der Waals surface area contributed by atoms with Crippen molar-refractivity contribution < 1.29 is 13.5 Å². The van der Waals surface area contributed by atoms with Crippen molar-refractivity contribution in [2.24, 2.45) is 0 Å². The monoisotopic (exact) mass is 338 g/mol. The van der Waals surface area contributed by atoms with E-state index in [1.165, 1.54) is 12.1 Å². The summed E-state index contributed by atoms with van der Waals surface area (Å²) in [5.41, 5.74) is 2.66. The van der Waals surface area contributed by atoms with Gasteiger partial charge < -0.3 is 4.74 Å². The molecule has 0 radical (unpaired) electrons. The summed E-state index contributed by atoms with van der Waals surface area (Å²) < 4.78 is 32.2. The molecular weight excluding hydrogens is 326 g/mol. The van der Waals surface area contributed by atoms with Gasteiger partial charge in [-0.15, -0.1) is 0 Å². The smallest absolute Gasteiger partial charge is 0.126 e. The molecule has 0 aliphatic carbocycles. The molecule has 0 saturated heterocycles. The van der Waals surface area contributed by atoms with Crippen LogP contribution < -0.4 is 4.74 Å². The van der Waals surface area contributed by atoms with Crippen molar-refractivity contribution >= 4 is 15.9 Å². The molecule has 4 heteroatoms. The van der Waals surface area contributed by atoms with Gasteiger partial charge in [-0.3, -0.25) is 0 Å². The molecule has 0 aromatic heterocycles. The molecule has 104 valence electrons. The van der Waals surface area contributed by atoms with E-state index in [1.54, 1.807) is 0 Å². The van der Waals surface area contributed by atoms with Crippen molar-refractivity contribution in [3.8, 4) is 5.75 Å². The summed E-state index contributed by atoms with van der Waals surface area (Å²) in [6.07, 6.45) is 1.04. The Morgan fingerprint density at radius 2 is 1.80 bits per heavy atom. The highest BCUT2D eigenvalue weighted by atomic mass is 79.9. The number of hydrogen-bond donors (Lipinski definition) is 0. The van der Waals surface area contributed by atoms with Crippen molar-refractivity contribution in [1.82, 2.24) is 0 Å². The molecule has 2 aromatic carbocycles. The molecule has 1 aliphatic heterocycles. The molecule has 0 N–H and O–H groups in total. The van der Waals surface area contributed by atoms with Crippen molar-refractivity contribution in [2.75, 3.05) is 0 Å². The van der Waals surface area contributed by atoms with E-state index in [1.807, 2.05) is 25.1 Å². The maximum absolute atomic E-state index is 13.3. The van der Waals surface area contributed by atoms with Gasteiger partial charge in [0, 0.05) is 12.5 Å². The van der Waals surface area contributed by atoms with Gasteiger partial charge in [0.1, 0.15) is 23.5 Å². The summed E-state index contributed by atoms with van der Waals surface area (Å²) in [7, 11) is 0. The van der Waals surface area contributed by atoms with E-state index in [9.17, 15) is 8.78 Å². The van der Waals surface area contributed by atoms with Gasteiger partial charge in [0.05, 0.1) is 4.83 Å². The van der Waals surface area contributed by atoms with Gasteiger partial charge in [-0.1, -0.05) is 28.1 Å². The van der Waals surface area contributed by atoms with Crippen molar-refractivity contribution in [2.45, 2.75) is 24.3 Å². The van der Waals surface area contributed by atoms with E-state index in [0.29, 0.717) is 5.56 Å². The molecule has 0 bridgehead atoms. The Morgan fingerprint density at radius 3 is 2.50 bits per heavy atom. The zero-order chi connectivity index (χ0) is 14.3. The summed E-state index contributed by atoms with van der Waals surface area (Å²) in [5, 5.41) is 0. The number of halogens is 3. The lowest BCUT2D eigenvalue weighted by atomic mass is 10.0. The van der Waals surface area contributed by atoms with Crippen LogP contribution in [0.4, 0.5) is 8.78 Å². The van der Waals surface area contributed by atoms with Crippen LogP contribution in [0.15, 0.2) is 36.4 Å². The van der Waals surface area contributed by atoms with Crippen LogP contribution in [0.3, 0.4) is 0 Å². The van der Waals surface area contributed by atoms with Gasteiger partial charge >= 0.3 is 0 Å². The first-order valence-electron chi connectivity index (χ1n) is 6.42. The first kappa shape index (κ1) is 13.6. The molecule has 2 aromatic rings. The highest BCUT2D eigenvalue weighted by Gasteiger charge is 2.21. The fourth-order valence-corrected chi connectivity index (χ4v) is 3.06. The molecule has 1 aliphatic rings. The summed E-state index contributed by atoms with van der Waals surface area (Å²) in [6.45, 7) is 2.02. The summed E-state index contributed by atoms with van der Waals surface area (Å²) in [5.74, 6) is -0.239. The zero-order valence-corrected chi connectivity index (χ0v) is 12.5. The molecule has 3 rings (SSSR count).